The molecule has 0 aliphatic heterocycles. The number of hydrogen-bond donors (Lipinski definition) is 0. The highest BCUT2D eigenvalue weighted by atomic mass is 15.2. The minimum absolute atomic E-state index is 0.549. The summed E-state index contributed by atoms with van der Waals surface area (Å²) in [6.45, 7) is 0. The van der Waals surface area contributed by atoms with Crippen LogP contribution in [0.1, 0.15) is 0 Å². The second kappa shape index (κ2) is 14.7. The molecule has 0 aliphatic carbocycles. The molecule has 0 unspecified atom stereocenters. The summed E-state index contributed by atoms with van der Waals surface area (Å²) in [5.41, 5.74) is 14.0. The number of fused-ring (bicyclic) bond motifs is 7. The minimum atomic E-state index is 0.549. The fourth-order valence-corrected chi connectivity index (χ4v) is 9.13. The van der Waals surface area contributed by atoms with Gasteiger partial charge in [0.15, 0.2) is 11.6 Å². The van der Waals surface area contributed by atoms with Gasteiger partial charge in [-0.1, -0.05) is 188 Å². The smallest absolute Gasteiger partial charge is 0.238 e. The number of nitrogens with zero attached hydrogens (tertiary/aromatic N) is 5. The predicted molar refractivity (Wildman–Crippen MR) is 256 cm³/mol. The maximum absolute atomic E-state index is 5.45. The van der Waals surface area contributed by atoms with E-state index in [4.69, 9.17) is 15.0 Å². The summed E-state index contributed by atoms with van der Waals surface area (Å²) < 4.78 is 4.71. The van der Waals surface area contributed by atoms with Crippen LogP contribution in [-0.4, -0.2) is 24.1 Å². The molecular weight excluding hydrogens is 755 g/mol. The summed E-state index contributed by atoms with van der Waals surface area (Å²) >= 11 is 0. The van der Waals surface area contributed by atoms with Crippen molar-refractivity contribution in [1.29, 1.82) is 0 Å². The first kappa shape index (κ1) is 35.5. The lowest BCUT2D eigenvalue weighted by molar-refractivity contribution is 0.953. The van der Waals surface area contributed by atoms with Crippen LogP contribution in [0.4, 0.5) is 0 Å². The van der Waals surface area contributed by atoms with E-state index in [9.17, 15) is 0 Å². The Kier molecular flexibility index (Phi) is 8.42. The van der Waals surface area contributed by atoms with Crippen molar-refractivity contribution in [2.45, 2.75) is 0 Å². The molecule has 0 saturated heterocycles. The number of aromatic nitrogens is 5. The molecule has 12 rings (SSSR count). The summed E-state index contributed by atoms with van der Waals surface area (Å²) in [5.74, 6) is 1.76. The molecule has 0 radical (unpaired) electrons. The molecule has 5 nitrogen and oxygen atoms in total. The maximum atomic E-state index is 5.45. The zero-order valence-corrected chi connectivity index (χ0v) is 33.6. The van der Waals surface area contributed by atoms with E-state index in [0.717, 1.165) is 77.3 Å². The van der Waals surface area contributed by atoms with Gasteiger partial charge in [-0.25, -0.2) is 4.98 Å². The summed E-state index contributed by atoms with van der Waals surface area (Å²) in [5, 5.41) is 4.58. The maximum Gasteiger partial charge on any atom is 0.238 e. The van der Waals surface area contributed by atoms with Gasteiger partial charge in [0, 0.05) is 38.4 Å². The van der Waals surface area contributed by atoms with Gasteiger partial charge in [0.2, 0.25) is 5.95 Å². The first-order valence-electron chi connectivity index (χ1n) is 21.0. The molecule has 5 heteroatoms. The highest BCUT2D eigenvalue weighted by Crippen LogP contribution is 2.46. The Morgan fingerprint density at radius 3 is 1.44 bits per heavy atom. The molecule has 9 aromatic carbocycles. The highest BCUT2D eigenvalue weighted by Gasteiger charge is 2.26. The van der Waals surface area contributed by atoms with Crippen molar-refractivity contribution in [3.8, 4) is 67.8 Å². The van der Waals surface area contributed by atoms with Crippen LogP contribution in [0.3, 0.4) is 0 Å². The van der Waals surface area contributed by atoms with Crippen molar-refractivity contribution in [2.24, 2.45) is 0 Å². The molecule has 3 heterocycles. The van der Waals surface area contributed by atoms with Crippen LogP contribution < -0.4 is 0 Å². The van der Waals surface area contributed by atoms with E-state index in [1.54, 1.807) is 0 Å². The summed E-state index contributed by atoms with van der Waals surface area (Å²) in [7, 11) is 0. The van der Waals surface area contributed by atoms with Crippen molar-refractivity contribution >= 4 is 43.6 Å². The van der Waals surface area contributed by atoms with Crippen LogP contribution in [0, 0.1) is 0 Å². The molecule has 3 aromatic heterocycles. The molecule has 0 bridgehead atoms. The number of para-hydroxylation sites is 2. The van der Waals surface area contributed by atoms with E-state index in [0.29, 0.717) is 17.6 Å². The van der Waals surface area contributed by atoms with Gasteiger partial charge < -0.3 is 4.57 Å². The predicted octanol–water partition coefficient (Wildman–Crippen LogP) is 14.4. The molecule has 0 N–H and O–H groups in total. The van der Waals surface area contributed by atoms with E-state index in [1.165, 1.54) is 16.5 Å². The van der Waals surface area contributed by atoms with Gasteiger partial charge in [0.25, 0.3) is 0 Å². The van der Waals surface area contributed by atoms with Crippen LogP contribution >= 0.6 is 0 Å². The Labute approximate surface area is 358 Å². The van der Waals surface area contributed by atoms with E-state index in [2.05, 4.69) is 209 Å². The first-order chi connectivity index (χ1) is 30.8. The van der Waals surface area contributed by atoms with Gasteiger partial charge in [-0.3, -0.25) is 4.57 Å². The average molecular weight is 792 g/mol. The average Bonchev–Trinajstić information content (AvgIpc) is 3.88. The molecular formula is C57H37N5. The fraction of sp³-hybridized carbons (Fsp3) is 0. The standard InChI is InChI=1S/C57H37N5/c1-5-18-38(19-6-1)40-32-34-45(35-33-40)61-50-30-15-13-28-46(50)49-37-48(41-22-9-3-10-23-41)52-47-29-14-16-31-51(47)62(54(52)53(49)61)57-59-55(42-24-11-4-12-25-42)58-56(60-57)44-27-17-26-43(36-44)39-20-7-2-8-21-39/h1-37H. The second-order valence-electron chi connectivity index (χ2n) is 15.6. The third-order valence-corrected chi connectivity index (χ3v) is 12.0. The van der Waals surface area contributed by atoms with Crippen LogP contribution in [0.2, 0.25) is 0 Å². The van der Waals surface area contributed by atoms with Gasteiger partial charge in [-0.15, -0.1) is 0 Å². The molecule has 0 spiro atoms. The van der Waals surface area contributed by atoms with Gasteiger partial charge >= 0.3 is 0 Å². The Balaban J connectivity index is 1.22. The normalized spacial score (nSPS) is 11.5. The summed E-state index contributed by atoms with van der Waals surface area (Å²) in [4.78, 5) is 16.0. The lowest BCUT2D eigenvalue weighted by Crippen LogP contribution is -2.07. The molecule has 0 aliphatic rings. The van der Waals surface area contributed by atoms with Crippen molar-refractivity contribution in [2.75, 3.05) is 0 Å². The summed E-state index contributed by atoms with van der Waals surface area (Å²) in [6, 6.07) is 79.2. The van der Waals surface area contributed by atoms with Crippen molar-refractivity contribution in [3.05, 3.63) is 224 Å². The number of rotatable bonds is 7. The third-order valence-electron chi connectivity index (χ3n) is 12.0. The van der Waals surface area contributed by atoms with Crippen LogP contribution in [0.5, 0.6) is 0 Å². The molecule has 12 aromatic rings. The van der Waals surface area contributed by atoms with E-state index in [1.807, 2.05) is 24.3 Å². The Morgan fingerprint density at radius 1 is 0.290 bits per heavy atom. The molecule has 0 saturated carbocycles. The highest BCUT2D eigenvalue weighted by molar-refractivity contribution is 6.28. The molecule has 0 atom stereocenters. The van der Waals surface area contributed by atoms with Gasteiger partial charge in [0.05, 0.1) is 22.1 Å². The molecule has 0 fully saturated rings. The molecule has 290 valence electrons. The second-order valence-corrected chi connectivity index (χ2v) is 15.6. The van der Waals surface area contributed by atoms with Gasteiger partial charge in [-0.2, -0.15) is 9.97 Å². The molecule has 62 heavy (non-hydrogen) atoms. The monoisotopic (exact) mass is 791 g/mol. The summed E-state index contributed by atoms with van der Waals surface area (Å²) in [6.07, 6.45) is 0. The SMILES string of the molecule is c1ccc(-c2ccc(-n3c4ccccc4c4cc(-c5ccccc5)c5c6ccccc6n(-c6nc(-c7ccccc7)nc(-c7cccc(-c8ccccc8)c7)n6)c5c43)cc2)cc1. The first-order valence-corrected chi connectivity index (χ1v) is 21.0. The van der Waals surface area contributed by atoms with Gasteiger partial charge in [-0.05, 0) is 69.8 Å². The van der Waals surface area contributed by atoms with Crippen LogP contribution in [-0.2, 0) is 0 Å². The minimum Gasteiger partial charge on any atom is -0.307 e. The zero-order valence-electron chi connectivity index (χ0n) is 33.6. The van der Waals surface area contributed by atoms with E-state index >= 15 is 0 Å². The quantitative estimate of drug-likeness (QED) is 0.162. The lowest BCUT2D eigenvalue weighted by Gasteiger charge is -2.15. The Hall–Kier alpha value is -8.41. The van der Waals surface area contributed by atoms with E-state index < -0.39 is 0 Å². The topological polar surface area (TPSA) is 48.5 Å². The van der Waals surface area contributed by atoms with Crippen molar-refractivity contribution in [3.63, 3.8) is 0 Å². The lowest BCUT2D eigenvalue weighted by atomic mass is 9.96. The van der Waals surface area contributed by atoms with Crippen LogP contribution in [0.25, 0.3) is 111 Å². The largest absolute Gasteiger partial charge is 0.307 e. The number of hydrogen-bond acceptors (Lipinski definition) is 3. The third kappa shape index (κ3) is 5.90. The molecule has 0 amide bonds. The van der Waals surface area contributed by atoms with E-state index in [-0.39, 0.29) is 0 Å². The Bertz CT molecular complexity index is 3590. The zero-order chi connectivity index (χ0) is 41.0. The van der Waals surface area contributed by atoms with Crippen molar-refractivity contribution < 1.29 is 0 Å². The van der Waals surface area contributed by atoms with Crippen LogP contribution in [0.15, 0.2) is 224 Å². The van der Waals surface area contributed by atoms with Crippen molar-refractivity contribution in [1.82, 2.24) is 24.1 Å². The Morgan fingerprint density at radius 2 is 0.774 bits per heavy atom. The van der Waals surface area contributed by atoms with Gasteiger partial charge in [0.1, 0.15) is 0 Å². The fourth-order valence-electron chi connectivity index (χ4n) is 9.13. The number of benzene rings is 9.